The second-order valence-electron chi connectivity index (χ2n) is 8.47. The Kier molecular flexibility index (Phi) is 6.86. The highest BCUT2D eigenvalue weighted by atomic mass is 16.5. The Hall–Kier alpha value is -4.14. The molecule has 0 aliphatic carbocycles. The number of benzene rings is 2. The summed E-state index contributed by atoms with van der Waals surface area (Å²) in [6.45, 7) is 2.34. The molecule has 2 heterocycles. The maximum absolute atomic E-state index is 13.4. The molecule has 0 bridgehead atoms. The lowest BCUT2D eigenvalue weighted by Gasteiger charge is -2.34. The molecule has 182 valence electrons. The van der Waals surface area contributed by atoms with E-state index in [-0.39, 0.29) is 11.4 Å². The minimum absolute atomic E-state index is 0.183. The van der Waals surface area contributed by atoms with E-state index in [4.69, 9.17) is 4.74 Å². The monoisotopic (exact) mass is 476 g/mol. The van der Waals surface area contributed by atoms with E-state index in [0.29, 0.717) is 29.8 Å². The molecule has 2 aromatic carbocycles. The van der Waals surface area contributed by atoms with Crippen molar-refractivity contribution in [3.05, 3.63) is 92.1 Å². The van der Waals surface area contributed by atoms with Crippen LogP contribution < -0.4 is 26.6 Å². The van der Waals surface area contributed by atoms with Crippen molar-refractivity contribution >= 4 is 17.6 Å². The van der Waals surface area contributed by atoms with Crippen LogP contribution in [0.1, 0.15) is 47.2 Å². The summed E-state index contributed by atoms with van der Waals surface area (Å²) in [4.78, 5) is 52.8. The number of carbonyl (C=O) groups is 2. The first-order chi connectivity index (χ1) is 16.9. The van der Waals surface area contributed by atoms with Gasteiger partial charge in [-0.15, -0.1) is 0 Å². The molecule has 9 nitrogen and oxygen atoms in total. The number of rotatable bonds is 7. The van der Waals surface area contributed by atoms with Crippen LogP contribution in [0.2, 0.25) is 0 Å². The van der Waals surface area contributed by atoms with Gasteiger partial charge in [0.1, 0.15) is 17.6 Å². The molecule has 0 fully saturated rings. The van der Waals surface area contributed by atoms with E-state index in [9.17, 15) is 19.2 Å². The summed E-state index contributed by atoms with van der Waals surface area (Å²) < 4.78 is 7.75. The number of hydrogen-bond acceptors (Lipinski definition) is 5. The van der Waals surface area contributed by atoms with Gasteiger partial charge in [-0.25, -0.2) is 4.79 Å². The highest BCUT2D eigenvalue weighted by Gasteiger charge is 2.42. The third-order valence-electron chi connectivity index (χ3n) is 6.28. The van der Waals surface area contributed by atoms with E-state index in [2.05, 4.69) is 10.6 Å². The van der Waals surface area contributed by atoms with Crippen LogP contribution in [0.25, 0.3) is 0 Å². The van der Waals surface area contributed by atoms with Crippen LogP contribution in [0.4, 0.5) is 5.82 Å². The number of hydrogen-bond donors (Lipinski definition) is 2. The van der Waals surface area contributed by atoms with Crippen LogP contribution in [0.3, 0.4) is 0 Å². The average molecular weight is 477 g/mol. The number of nitrogens with zero attached hydrogens (tertiary/aromatic N) is 2. The lowest BCUT2D eigenvalue weighted by Crippen LogP contribution is -2.55. The smallest absolute Gasteiger partial charge is 0.332 e. The number of methoxy groups -OCH3 is 1. The summed E-state index contributed by atoms with van der Waals surface area (Å²) in [6.07, 6.45) is 1.53. The van der Waals surface area contributed by atoms with Gasteiger partial charge < -0.3 is 15.4 Å². The van der Waals surface area contributed by atoms with Crippen molar-refractivity contribution in [2.24, 2.45) is 7.05 Å². The molecule has 2 N–H and O–H groups in total. The largest absolute Gasteiger partial charge is 0.497 e. The molecule has 1 aliphatic rings. The Balaban J connectivity index is 1.90. The molecule has 0 saturated heterocycles. The molecule has 0 spiro atoms. The third-order valence-corrected chi connectivity index (χ3v) is 6.28. The van der Waals surface area contributed by atoms with Gasteiger partial charge in [0.15, 0.2) is 0 Å². The fourth-order valence-electron chi connectivity index (χ4n) is 4.38. The summed E-state index contributed by atoms with van der Waals surface area (Å²) in [5, 5.41) is 5.56. The number of fused-ring (bicyclic) bond motifs is 1. The summed E-state index contributed by atoms with van der Waals surface area (Å²) >= 11 is 0. The van der Waals surface area contributed by atoms with Gasteiger partial charge in [-0.1, -0.05) is 43.7 Å². The number of ether oxygens (including phenoxy) is 1. The molecule has 0 radical (unpaired) electrons. The van der Waals surface area contributed by atoms with Gasteiger partial charge in [0.05, 0.1) is 12.7 Å². The quantitative estimate of drug-likeness (QED) is 0.543. The first-order valence-corrected chi connectivity index (χ1v) is 11.5. The average Bonchev–Trinajstić information content (AvgIpc) is 2.88. The summed E-state index contributed by atoms with van der Waals surface area (Å²) in [5.74, 6) is -0.962. The molecule has 0 unspecified atom stereocenters. The molecule has 1 aromatic heterocycles. The molecule has 3 aromatic rings. The first kappa shape index (κ1) is 24.0. The van der Waals surface area contributed by atoms with Crippen LogP contribution in [0, 0.1) is 0 Å². The molecule has 1 aliphatic heterocycles. The highest BCUT2D eigenvalue weighted by Crippen LogP contribution is 2.35. The van der Waals surface area contributed by atoms with Crippen molar-refractivity contribution in [3.8, 4) is 5.75 Å². The van der Waals surface area contributed by atoms with E-state index < -0.39 is 35.0 Å². The van der Waals surface area contributed by atoms with Crippen molar-refractivity contribution in [1.82, 2.24) is 14.5 Å². The van der Waals surface area contributed by atoms with Crippen molar-refractivity contribution in [1.29, 1.82) is 0 Å². The van der Waals surface area contributed by atoms with E-state index in [0.717, 1.165) is 11.0 Å². The predicted molar refractivity (Wildman–Crippen MR) is 132 cm³/mol. The lowest BCUT2D eigenvalue weighted by atomic mass is 9.82. The maximum Gasteiger partial charge on any atom is 0.332 e. The first-order valence-electron chi connectivity index (χ1n) is 11.5. The van der Waals surface area contributed by atoms with Crippen LogP contribution in [0.15, 0.2) is 64.2 Å². The van der Waals surface area contributed by atoms with Crippen LogP contribution in [-0.2, 0) is 18.4 Å². The Morgan fingerprint density at radius 2 is 1.74 bits per heavy atom. The lowest BCUT2D eigenvalue weighted by molar-refractivity contribution is -0.118. The maximum atomic E-state index is 13.4. The number of amides is 2. The minimum atomic E-state index is -1.08. The fourth-order valence-corrected chi connectivity index (χ4v) is 4.38. The molecule has 4 rings (SSSR count). The Morgan fingerprint density at radius 3 is 2.37 bits per heavy atom. The van der Waals surface area contributed by atoms with Crippen molar-refractivity contribution in [2.45, 2.75) is 38.3 Å². The second kappa shape index (κ2) is 10.0. The number of carbonyl (C=O) groups excluding carboxylic acids is 2. The highest BCUT2D eigenvalue weighted by molar-refractivity contribution is 6.03. The van der Waals surface area contributed by atoms with Gasteiger partial charge in [-0.2, -0.15) is 0 Å². The van der Waals surface area contributed by atoms with Gasteiger partial charge in [-0.05, 0) is 36.2 Å². The predicted octanol–water partition coefficient (Wildman–Crippen LogP) is 2.24. The second-order valence-corrected chi connectivity index (χ2v) is 8.47. The molecule has 2 atom stereocenters. The van der Waals surface area contributed by atoms with E-state index in [1.165, 1.54) is 11.6 Å². The van der Waals surface area contributed by atoms with Crippen molar-refractivity contribution in [3.63, 3.8) is 0 Å². The Bertz CT molecular complexity index is 1360. The molecular weight excluding hydrogens is 448 g/mol. The van der Waals surface area contributed by atoms with E-state index in [1.807, 2.05) is 6.92 Å². The van der Waals surface area contributed by atoms with Crippen molar-refractivity contribution in [2.75, 3.05) is 12.4 Å². The molecular formula is C26H28N4O5. The third kappa shape index (κ3) is 4.49. The van der Waals surface area contributed by atoms with Crippen LogP contribution in [0.5, 0.6) is 5.75 Å². The van der Waals surface area contributed by atoms with Gasteiger partial charge >= 0.3 is 5.69 Å². The summed E-state index contributed by atoms with van der Waals surface area (Å²) in [6, 6.07) is 14.4. The van der Waals surface area contributed by atoms with E-state index in [1.54, 1.807) is 61.7 Å². The molecule has 2 amide bonds. The number of nitrogens with one attached hydrogen (secondary N) is 2. The number of aromatic nitrogens is 2. The Morgan fingerprint density at radius 1 is 1.06 bits per heavy atom. The topological polar surface area (TPSA) is 111 Å². The van der Waals surface area contributed by atoms with Gasteiger partial charge in [0.25, 0.3) is 11.5 Å². The van der Waals surface area contributed by atoms with Gasteiger partial charge in [0, 0.05) is 25.1 Å². The Labute approximate surface area is 202 Å². The SMILES string of the molecule is CCCCn1c2c(c(=O)n(C)c1=O)[C@H](c1ccc(OC)cc1)[C@@H](NC(=O)c1ccccc1)C(=O)N2. The minimum Gasteiger partial charge on any atom is -0.497 e. The molecule has 35 heavy (non-hydrogen) atoms. The number of anilines is 1. The molecule has 9 heteroatoms. The van der Waals surface area contributed by atoms with Crippen LogP contribution in [-0.4, -0.2) is 34.1 Å². The summed E-state index contributed by atoms with van der Waals surface area (Å²) in [7, 11) is 2.97. The normalized spacial score (nSPS) is 16.8. The van der Waals surface area contributed by atoms with Crippen LogP contribution >= 0.6 is 0 Å². The van der Waals surface area contributed by atoms with Gasteiger partial charge in [0.2, 0.25) is 5.91 Å². The zero-order valence-electron chi connectivity index (χ0n) is 19.9. The van der Waals surface area contributed by atoms with E-state index >= 15 is 0 Å². The zero-order valence-corrected chi connectivity index (χ0v) is 19.9. The fraction of sp³-hybridized carbons (Fsp3) is 0.308. The number of unbranched alkanes of at least 4 members (excludes halogenated alkanes) is 1. The van der Waals surface area contributed by atoms with Gasteiger partial charge in [-0.3, -0.25) is 23.5 Å². The standard InChI is InChI=1S/C26H28N4O5/c1-4-5-15-30-22-20(25(33)29(2)26(30)34)19(16-11-13-18(35-3)14-12-16)21(24(32)28-22)27-23(31)17-9-7-6-8-10-17/h6-14,19,21H,4-5,15H2,1-3H3,(H,27,31)(H,28,32)/t19-,21+/m0/s1. The molecule has 0 saturated carbocycles. The zero-order chi connectivity index (χ0) is 25.1. The summed E-state index contributed by atoms with van der Waals surface area (Å²) in [5.41, 5.74) is 0.269. The van der Waals surface area contributed by atoms with Crippen molar-refractivity contribution < 1.29 is 14.3 Å².